The molecular weight excluding hydrogens is 242 g/mol. The van der Waals surface area contributed by atoms with Gasteiger partial charge in [0, 0.05) is 0 Å². The number of hydrogen-bond acceptors (Lipinski definition) is 4. The van der Waals surface area contributed by atoms with Gasteiger partial charge < -0.3 is 5.11 Å². The number of aliphatic hydroxyl groups is 1. The average Bonchev–Trinajstić information content (AvgIpc) is 2.83. The highest BCUT2D eigenvalue weighted by molar-refractivity contribution is 5.78. The van der Waals surface area contributed by atoms with E-state index in [1.165, 1.54) is 0 Å². The topological polar surface area (TPSA) is 85.2 Å². The van der Waals surface area contributed by atoms with E-state index in [-0.39, 0.29) is 12.3 Å². The summed E-state index contributed by atoms with van der Waals surface area (Å²) in [6.45, 7) is 0. The van der Waals surface area contributed by atoms with Crippen molar-refractivity contribution < 1.29 is 9.90 Å². The van der Waals surface area contributed by atoms with E-state index in [0.29, 0.717) is 24.1 Å². The lowest BCUT2D eigenvalue weighted by atomic mass is 9.98. The molecule has 1 aromatic rings. The molecule has 0 saturated heterocycles. The predicted molar refractivity (Wildman–Crippen MR) is 71.0 cm³/mol. The Morgan fingerprint density at radius 1 is 1.42 bits per heavy atom. The number of hydrogen-bond donors (Lipinski definition) is 3. The minimum absolute atomic E-state index is 0.109. The van der Waals surface area contributed by atoms with Gasteiger partial charge in [0.2, 0.25) is 5.91 Å². The van der Waals surface area contributed by atoms with Crippen LogP contribution in [0.25, 0.3) is 0 Å². The average molecular weight is 259 g/mol. The first kappa shape index (κ1) is 13.4. The van der Waals surface area contributed by atoms with Gasteiger partial charge >= 0.3 is 0 Å². The number of carbonyl (C=O) groups is 1. The molecule has 0 spiro atoms. The molecule has 0 unspecified atom stereocenters. The van der Waals surface area contributed by atoms with Crippen LogP contribution in [0.4, 0.5) is 5.69 Å². The zero-order chi connectivity index (χ0) is 13.7. The van der Waals surface area contributed by atoms with Crippen LogP contribution in [0, 0.1) is 11.3 Å². The van der Waals surface area contributed by atoms with Gasteiger partial charge in [-0.25, -0.2) is 0 Å². The molecule has 5 nitrogen and oxygen atoms in total. The molecule has 19 heavy (non-hydrogen) atoms. The van der Waals surface area contributed by atoms with Gasteiger partial charge in [0.15, 0.2) is 0 Å². The third-order valence-electron chi connectivity index (χ3n) is 3.36. The van der Waals surface area contributed by atoms with Crippen molar-refractivity contribution in [2.45, 2.75) is 37.7 Å². The standard InChI is InChI=1S/C14H17N3O2/c15-10-11-4-3-5-12(8-11)16-17-13(18)9-14(19)6-1-2-7-14/h3-5,8,16,19H,1-2,6-7,9H2,(H,17,18). The van der Waals surface area contributed by atoms with Crippen LogP contribution in [0.2, 0.25) is 0 Å². The summed E-state index contributed by atoms with van der Waals surface area (Å²) in [5, 5.41) is 18.9. The zero-order valence-electron chi connectivity index (χ0n) is 10.6. The van der Waals surface area contributed by atoms with E-state index in [1.54, 1.807) is 24.3 Å². The van der Waals surface area contributed by atoms with E-state index in [9.17, 15) is 9.90 Å². The minimum Gasteiger partial charge on any atom is -0.389 e. The van der Waals surface area contributed by atoms with Crippen LogP contribution in [-0.2, 0) is 4.79 Å². The van der Waals surface area contributed by atoms with Gasteiger partial charge in [-0.05, 0) is 31.0 Å². The highest BCUT2D eigenvalue weighted by Crippen LogP contribution is 2.32. The molecule has 1 amide bonds. The van der Waals surface area contributed by atoms with Gasteiger partial charge in [-0.3, -0.25) is 15.6 Å². The van der Waals surface area contributed by atoms with E-state index in [2.05, 4.69) is 10.9 Å². The number of carbonyl (C=O) groups excluding carboxylic acids is 1. The maximum Gasteiger partial charge on any atom is 0.241 e. The number of hydrazine groups is 1. The van der Waals surface area contributed by atoms with Crippen LogP contribution in [0.5, 0.6) is 0 Å². The Morgan fingerprint density at radius 3 is 2.84 bits per heavy atom. The maximum absolute atomic E-state index is 11.7. The predicted octanol–water partition coefficient (Wildman–Crippen LogP) is 1.70. The molecule has 0 atom stereocenters. The molecule has 0 radical (unpaired) electrons. The summed E-state index contributed by atoms with van der Waals surface area (Å²) in [6.07, 6.45) is 3.43. The highest BCUT2D eigenvalue weighted by atomic mass is 16.3. The van der Waals surface area contributed by atoms with Crippen molar-refractivity contribution in [2.24, 2.45) is 0 Å². The van der Waals surface area contributed by atoms with E-state index < -0.39 is 5.60 Å². The van der Waals surface area contributed by atoms with Crippen LogP contribution in [0.3, 0.4) is 0 Å². The molecule has 1 aliphatic carbocycles. The summed E-state index contributed by atoms with van der Waals surface area (Å²) < 4.78 is 0. The fraction of sp³-hybridized carbons (Fsp3) is 0.429. The van der Waals surface area contributed by atoms with E-state index >= 15 is 0 Å². The van der Waals surface area contributed by atoms with Gasteiger partial charge in [-0.15, -0.1) is 0 Å². The molecule has 1 fully saturated rings. The van der Waals surface area contributed by atoms with Crippen molar-refractivity contribution in [1.29, 1.82) is 5.26 Å². The van der Waals surface area contributed by atoms with E-state index in [4.69, 9.17) is 5.26 Å². The Labute approximate surface area is 112 Å². The minimum atomic E-state index is -0.847. The number of benzene rings is 1. The summed E-state index contributed by atoms with van der Waals surface area (Å²) in [4.78, 5) is 11.7. The van der Waals surface area contributed by atoms with Crippen molar-refractivity contribution in [3.05, 3.63) is 29.8 Å². The Hall–Kier alpha value is -2.06. The van der Waals surface area contributed by atoms with Gasteiger partial charge in [0.25, 0.3) is 0 Å². The second kappa shape index (κ2) is 5.72. The summed E-state index contributed by atoms with van der Waals surface area (Å²) in [5.74, 6) is -0.244. The first-order valence-corrected chi connectivity index (χ1v) is 6.39. The Bertz CT molecular complexity index is 502. The lowest BCUT2D eigenvalue weighted by Crippen LogP contribution is -2.37. The Morgan fingerprint density at radius 2 is 2.16 bits per heavy atom. The molecule has 0 aliphatic heterocycles. The summed E-state index contributed by atoms with van der Waals surface area (Å²) in [6, 6.07) is 8.85. The third-order valence-corrected chi connectivity index (χ3v) is 3.36. The molecule has 0 aromatic heterocycles. The number of rotatable bonds is 4. The molecule has 0 bridgehead atoms. The first-order chi connectivity index (χ1) is 9.11. The second-order valence-corrected chi connectivity index (χ2v) is 4.97. The van der Waals surface area contributed by atoms with Crippen LogP contribution in [0.15, 0.2) is 24.3 Å². The second-order valence-electron chi connectivity index (χ2n) is 4.97. The monoisotopic (exact) mass is 259 g/mol. The number of anilines is 1. The lowest BCUT2D eigenvalue weighted by molar-refractivity contribution is -0.125. The van der Waals surface area contributed by atoms with Crippen molar-refractivity contribution in [3.63, 3.8) is 0 Å². The van der Waals surface area contributed by atoms with Crippen LogP contribution < -0.4 is 10.9 Å². The quantitative estimate of drug-likeness (QED) is 0.718. The van der Waals surface area contributed by atoms with Crippen molar-refractivity contribution in [1.82, 2.24) is 5.43 Å². The Balaban J connectivity index is 1.84. The number of nitrogens with zero attached hydrogens (tertiary/aromatic N) is 1. The van der Waals surface area contributed by atoms with E-state index in [0.717, 1.165) is 12.8 Å². The van der Waals surface area contributed by atoms with Gasteiger partial charge in [0.05, 0.1) is 29.3 Å². The number of nitrogens with one attached hydrogen (secondary N) is 2. The van der Waals surface area contributed by atoms with Crippen molar-refractivity contribution >= 4 is 11.6 Å². The summed E-state index contributed by atoms with van der Waals surface area (Å²) in [7, 11) is 0. The SMILES string of the molecule is N#Cc1cccc(NNC(=O)CC2(O)CCCC2)c1. The molecule has 2 rings (SSSR count). The highest BCUT2D eigenvalue weighted by Gasteiger charge is 2.33. The molecule has 100 valence electrons. The van der Waals surface area contributed by atoms with E-state index in [1.807, 2.05) is 6.07 Å². The molecule has 3 N–H and O–H groups in total. The van der Waals surface area contributed by atoms with Crippen molar-refractivity contribution in [2.75, 3.05) is 5.43 Å². The molecule has 0 heterocycles. The van der Waals surface area contributed by atoms with Gasteiger partial charge in [-0.2, -0.15) is 5.26 Å². The smallest absolute Gasteiger partial charge is 0.241 e. The summed E-state index contributed by atoms with van der Waals surface area (Å²) in [5.41, 5.74) is 5.61. The van der Waals surface area contributed by atoms with Crippen LogP contribution in [0.1, 0.15) is 37.7 Å². The lowest BCUT2D eigenvalue weighted by Gasteiger charge is -2.21. The van der Waals surface area contributed by atoms with Crippen LogP contribution >= 0.6 is 0 Å². The normalized spacial score (nSPS) is 16.6. The maximum atomic E-state index is 11.7. The number of amides is 1. The number of nitriles is 1. The molecule has 1 saturated carbocycles. The molecule has 1 aromatic carbocycles. The largest absolute Gasteiger partial charge is 0.389 e. The fourth-order valence-corrected chi connectivity index (χ4v) is 2.36. The van der Waals surface area contributed by atoms with Crippen LogP contribution in [-0.4, -0.2) is 16.6 Å². The molecular formula is C14H17N3O2. The Kier molecular flexibility index (Phi) is 4.03. The third kappa shape index (κ3) is 3.70. The molecule has 1 aliphatic rings. The zero-order valence-corrected chi connectivity index (χ0v) is 10.6. The van der Waals surface area contributed by atoms with Crippen molar-refractivity contribution in [3.8, 4) is 6.07 Å². The van der Waals surface area contributed by atoms with Gasteiger partial charge in [0.1, 0.15) is 0 Å². The van der Waals surface area contributed by atoms with Gasteiger partial charge in [-0.1, -0.05) is 18.9 Å². The fourth-order valence-electron chi connectivity index (χ4n) is 2.36. The first-order valence-electron chi connectivity index (χ1n) is 6.39. The summed E-state index contributed by atoms with van der Waals surface area (Å²) >= 11 is 0. The molecule has 5 heteroatoms.